The molecule has 3 rings (SSSR count). The summed E-state index contributed by atoms with van der Waals surface area (Å²) >= 11 is 3.15. The van der Waals surface area contributed by atoms with Gasteiger partial charge in [0.25, 0.3) is 0 Å². The van der Waals surface area contributed by atoms with Gasteiger partial charge in [-0.05, 0) is 59.4 Å². The van der Waals surface area contributed by atoms with Crippen LogP contribution in [0.1, 0.15) is 12.8 Å². The second-order valence-electron chi connectivity index (χ2n) is 5.36. The number of sulfonamides is 1. The van der Waals surface area contributed by atoms with Crippen LogP contribution in [-0.4, -0.2) is 38.4 Å². The van der Waals surface area contributed by atoms with Gasteiger partial charge in [0, 0.05) is 23.6 Å². The van der Waals surface area contributed by atoms with Crippen molar-refractivity contribution in [1.82, 2.24) is 9.62 Å². The molecule has 20 heavy (non-hydrogen) atoms. The summed E-state index contributed by atoms with van der Waals surface area (Å²) in [5.41, 5.74) is 0. The Bertz CT molecular complexity index is 609. The third kappa shape index (κ3) is 2.52. The Labute approximate surface area is 126 Å². The van der Waals surface area contributed by atoms with E-state index < -0.39 is 15.8 Å². The van der Waals surface area contributed by atoms with E-state index in [1.54, 1.807) is 0 Å². The highest BCUT2D eigenvalue weighted by Gasteiger charge is 2.40. The minimum atomic E-state index is -3.56. The molecule has 110 valence electrons. The average Bonchev–Trinajstić information content (AvgIpc) is 2.82. The van der Waals surface area contributed by atoms with Gasteiger partial charge in [-0.25, -0.2) is 12.8 Å². The lowest BCUT2D eigenvalue weighted by Gasteiger charge is -2.24. The molecule has 4 nitrogen and oxygen atoms in total. The van der Waals surface area contributed by atoms with Crippen LogP contribution in [0, 0.1) is 11.7 Å². The van der Waals surface area contributed by atoms with Gasteiger partial charge in [-0.1, -0.05) is 0 Å². The zero-order valence-corrected chi connectivity index (χ0v) is 13.3. The third-order valence-electron chi connectivity index (χ3n) is 4.08. The van der Waals surface area contributed by atoms with E-state index in [4.69, 9.17) is 0 Å². The second kappa shape index (κ2) is 5.36. The summed E-state index contributed by atoms with van der Waals surface area (Å²) in [6, 6.07) is 3.94. The van der Waals surface area contributed by atoms with Gasteiger partial charge in [-0.3, -0.25) is 0 Å². The normalized spacial score (nSPS) is 27.5. The van der Waals surface area contributed by atoms with Crippen molar-refractivity contribution >= 4 is 26.0 Å². The Morgan fingerprint density at radius 2 is 2.15 bits per heavy atom. The Kier molecular flexibility index (Phi) is 3.87. The van der Waals surface area contributed by atoms with E-state index in [1.165, 1.54) is 22.5 Å². The number of rotatable bonds is 2. The van der Waals surface area contributed by atoms with Gasteiger partial charge in [0.05, 0.1) is 4.90 Å². The van der Waals surface area contributed by atoms with Gasteiger partial charge in [-0.15, -0.1) is 0 Å². The van der Waals surface area contributed by atoms with E-state index in [0.717, 1.165) is 19.4 Å². The number of piperidine rings is 1. The number of halogens is 2. The first-order valence-electron chi connectivity index (χ1n) is 6.67. The predicted octanol–water partition coefficient (Wildman–Crippen LogP) is 1.96. The smallest absolute Gasteiger partial charge is 0.244 e. The molecule has 1 N–H and O–H groups in total. The molecule has 2 heterocycles. The molecule has 0 amide bonds. The van der Waals surface area contributed by atoms with E-state index in [0.29, 0.717) is 19.0 Å². The SMILES string of the molecule is O=S(=O)(c1ccc(F)cc1Br)N1CC2CCCNC2C1. The summed E-state index contributed by atoms with van der Waals surface area (Å²) in [5, 5.41) is 3.38. The molecule has 0 bridgehead atoms. The zero-order chi connectivity index (χ0) is 14.3. The minimum absolute atomic E-state index is 0.137. The zero-order valence-electron chi connectivity index (χ0n) is 10.9. The van der Waals surface area contributed by atoms with Gasteiger partial charge in [0.2, 0.25) is 10.0 Å². The molecule has 2 aliphatic rings. The van der Waals surface area contributed by atoms with E-state index >= 15 is 0 Å². The summed E-state index contributed by atoms with van der Waals surface area (Å²) in [4.78, 5) is 0.137. The second-order valence-corrected chi connectivity index (χ2v) is 8.12. The molecule has 2 saturated heterocycles. The van der Waals surface area contributed by atoms with Gasteiger partial charge >= 0.3 is 0 Å². The molecule has 2 unspecified atom stereocenters. The van der Waals surface area contributed by atoms with Crippen LogP contribution < -0.4 is 5.32 Å². The molecule has 7 heteroatoms. The number of hydrogen-bond donors (Lipinski definition) is 1. The average molecular weight is 363 g/mol. The number of nitrogens with zero attached hydrogens (tertiary/aromatic N) is 1. The maximum atomic E-state index is 13.1. The lowest BCUT2D eigenvalue weighted by molar-refractivity contribution is 0.339. The maximum absolute atomic E-state index is 13.1. The van der Waals surface area contributed by atoms with Crippen molar-refractivity contribution in [2.75, 3.05) is 19.6 Å². The van der Waals surface area contributed by atoms with Gasteiger partial charge < -0.3 is 5.32 Å². The van der Waals surface area contributed by atoms with Crippen LogP contribution in [-0.2, 0) is 10.0 Å². The van der Waals surface area contributed by atoms with Crippen molar-refractivity contribution in [2.45, 2.75) is 23.8 Å². The van der Waals surface area contributed by atoms with Crippen molar-refractivity contribution < 1.29 is 12.8 Å². The molecular formula is C13H16BrFN2O2S. The van der Waals surface area contributed by atoms with E-state index in [2.05, 4.69) is 21.2 Å². The predicted molar refractivity (Wildman–Crippen MR) is 77.4 cm³/mol. The lowest BCUT2D eigenvalue weighted by atomic mass is 9.94. The van der Waals surface area contributed by atoms with Crippen LogP contribution in [0.15, 0.2) is 27.6 Å². The molecule has 1 aromatic rings. The summed E-state index contributed by atoms with van der Waals surface area (Å²) in [7, 11) is -3.56. The van der Waals surface area contributed by atoms with Crippen LogP contribution in [0.5, 0.6) is 0 Å². The third-order valence-corrected chi connectivity index (χ3v) is 6.89. The molecule has 2 aliphatic heterocycles. The fourth-order valence-corrected chi connectivity index (χ4v) is 5.56. The first-order chi connectivity index (χ1) is 9.48. The van der Waals surface area contributed by atoms with Crippen LogP contribution >= 0.6 is 15.9 Å². The Hall–Kier alpha value is -0.500. The molecule has 0 aliphatic carbocycles. The molecule has 0 spiro atoms. The van der Waals surface area contributed by atoms with Crippen molar-refractivity contribution in [2.24, 2.45) is 5.92 Å². The van der Waals surface area contributed by atoms with E-state index in [1.807, 2.05) is 0 Å². The summed E-state index contributed by atoms with van der Waals surface area (Å²) < 4.78 is 40.2. The maximum Gasteiger partial charge on any atom is 0.244 e. The summed E-state index contributed by atoms with van der Waals surface area (Å²) in [6.45, 7) is 2.00. The molecule has 0 aromatic heterocycles. The molecule has 2 fully saturated rings. The van der Waals surface area contributed by atoms with E-state index in [-0.39, 0.29) is 15.4 Å². The highest BCUT2D eigenvalue weighted by atomic mass is 79.9. The summed E-state index contributed by atoms with van der Waals surface area (Å²) in [5.74, 6) is -0.0645. The fraction of sp³-hybridized carbons (Fsp3) is 0.538. The monoisotopic (exact) mass is 362 g/mol. The fourth-order valence-electron chi connectivity index (χ4n) is 3.03. The number of hydrogen-bond acceptors (Lipinski definition) is 3. The number of nitrogens with one attached hydrogen (secondary N) is 1. The Balaban J connectivity index is 1.89. The van der Waals surface area contributed by atoms with E-state index in [9.17, 15) is 12.8 Å². The largest absolute Gasteiger partial charge is 0.312 e. The highest BCUT2D eigenvalue weighted by molar-refractivity contribution is 9.10. The lowest BCUT2D eigenvalue weighted by Crippen LogP contribution is -2.41. The highest BCUT2D eigenvalue weighted by Crippen LogP contribution is 2.32. The van der Waals surface area contributed by atoms with Crippen molar-refractivity contribution in [3.8, 4) is 0 Å². The van der Waals surface area contributed by atoms with Crippen LogP contribution in [0.25, 0.3) is 0 Å². The topological polar surface area (TPSA) is 49.4 Å². The van der Waals surface area contributed by atoms with Gasteiger partial charge in [0.1, 0.15) is 5.82 Å². The van der Waals surface area contributed by atoms with Gasteiger partial charge in [-0.2, -0.15) is 4.31 Å². The number of benzene rings is 1. The van der Waals surface area contributed by atoms with Crippen LogP contribution in [0.4, 0.5) is 4.39 Å². The molecule has 1 aromatic carbocycles. The van der Waals surface area contributed by atoms with Crippen molar-refractivity contribution in [1.29, 1.82) is 0 Å². The molecule has 2 atom stereocenters. The quantitative estimate of drug-likeness (QED) is 0.874. The number of fused-ring (bicyclic) bond motifs is 1. The van der Waals surface area contributed by atoms with Crippen LogP contribution in [0.2, 0.25) is 0 Å². The Morgan fingerprint density at radius 3 is 2.85 bits per heavy atom. The van der Waals surface area contributed by atoms with Crippen molar-refractivity contribution in [3.63, 3.8) is 0 Å². The van der Waals surface area contributed by atoms with Gasteiger partial charge in [0.15, 0.2) is 0 Å². The standard InChI is InChI=1S/C13H16BrFN2O2S/c14-11-6-10(15)3-4-13(11)20(18,19)17-7-9-2-1-5-16-12(9)8-17/h3-4,6,9,12,16H,1-2,5,7-8H2. The van der Waals surface area contributed by atoms with Crippen molar-refractivity contribution in [3.05, 3.63) is 28.5 Å². The molecular weight excluding hydrogens is 347 g/mol. The summed E-state index contributed by atoms with van der Waals surface area (Å²) in [6.07, 6.45) is 2.16. The first-order valence-corrected chi connectivity index (χ1v) is 8.90. The minimum Gasteiger partial charge on any atom is -0.312 e. The first kappa shape index (κ1) is 14.4. The molecule has 0 radical (unpaired) electrons. The van der Waals surface area contributed by atoms with Crippen LogP contribution in [0.3, 0.4) is 0 Å². The Morgan fingerprint density at radius 1 is 1.35 bits per heavy atom. The molecule has 0 saturated carbocycles.